The Morgan fingerprint density at radius 3 is 2.42 bits per heavy atom. The third-order valence-corrected chi connectivity index (χ3v) is 4.54. The highest BCUT2D eigenvalue weighted by atomic mass is 35.5. The van der Waals surface area contributed by atoms with E-state index in [-0.39, 0.29) is 5.91 Å². The molecule has 1 saturated heterocycles. The van der Waals surface area contributed by atoms with Gasteiger partial charge in [0.15, 0.2) is 0 Å². The van der Waals surface area contributed by atoms with Gasteiger partial charge in [0.25, 0.3) is 0 Å². The van der Waals surface area contributed by atoms with Crippen molar-refractivity contribution in [2.24, 2.45) is 0 Å². The molecule has 1 fully saturated rings. The Morgan fingerprint density at radius 1 is 1.12 bits per heavy atom. The second kappa shape index (κ2) is 7.28. The molecule has 2 aromatic rings. The first-order valence-corrected chi connectivity index (χ1v) is 8.47. The molecule has 1 aliphatic heterocycles. The zero-order valence-electron chi connectivity index (χ0n) is 13.1. The molecule has 24 heavy (non-hydrogen) atoms. The molecule has 126 valence electrons. The second-order valence-electron chi connectivity index (χ2n) is 5.75. The summed E-state index contributed by atoms with van der Waals surface area (Å²) in [6.45, 7) is 2.69. The van der Waals surface area contributed by atoms with Crippen molar-refractivity contribution in [2.75, 3.05) is 36.8 Å². The number of nitrogens with two attached hydrogens (primary N) is 1. The fourth-order valence-corrected chi connectivity index (χ4v) is 3.23. The number of carbonyl (C=O) groups excluding carboxylic acids is 1. The highest BCUT2D eigenvalue weighted by Crippen LogP contribution is 2.26. The quantitative estimate of drug-likeness (QED) is 0.850. The van der Waals surface area contributed by atoms with Crippen molar-refractivity contribution in [3.8, 4) is 0 Å². The molecule has 3 rings (SSSR count). The van der Waals surface area contributed by atoms with E-state index in [1.807, 2.05) is 29.2 Å². The van der Waals surface area contributed by atoms with Gasteiger partial charge in [-0.15, -0.1) is 0 Å². The standard InChI is InChI=1S/C17H18Cl2N4O/c18-13-10-15(19)17(21-11-13)23-7-5-22(6-8-23)16(24)9-12-1-3-14(20)4-2-12/h1-4,10-11H,5-9,20H2. The van der Waals surface area contributed by atoms with Crippen LogP contribution in [0.5, 0.6) is 0 Å². The van der Waals surface area contributed by atoms with Crippen molar-refractivity contribution in [1.29, 1.82) is 0 Å². The predicted molar refractivity (Wildman–Crippen MR) is 97.6 cm³/mol. The van der Waals surface area contributed by atoms with Gasteiger partial charge in [0, 0.05) is 38.1 Å². The van der Waals surface area contributed by atoms with Crippen molar-refractivity contribution < 1.29 is 4.79 Å². The molecular weight excluding hydrogens is 347 g/mol. The van der Waals surface area contributed by atoms with E-state index >= 15 is 0 Å². The van der Waals surface area contributed by atoms with Gasteiger partial charge in [0.2, 0.25) is 5.91 Å². The highest BCUT2D eigenvalue weighted by Gasteiger charge is 2.23. The van der Waals surface area contributed by atoms with Crippen molar-refractivity contribution in [3.05, 3.63) is 52.1 Å². The third-order valence-electron chi connectivity index (χ3n) is 4.06. The fraction of sp³-hybridized carbons (Fsp3) is 0.294. The lowest BCUT2D eigenvalue weighted by Crippen LogP contribution is -2.49. The Kier molecular flexibility index (Phi) is 5.11. The van der Waals surface area contributed by atoms with Gasteiger partial charge >= 0.3 is 0 Å². The van der Waals surface area contributed by atoms with Gasteiger partial charge in [0.05, 0.1) is 16.5 Å². The largest absolute Gasteiger partial charge is 0.399 e. The summed E-state index contributed by atoms with van der Waals surface area (Å²) >= 11 is 12.1. The van der Waals surface area contributed by atoms with Gasteiger partial charge in [-0.2, -0.15) is 0 Å². The number of nitrogen functional groups attached to an aromatic ring is 1. The molecule has 0 bridgehead atoms. The first kappa shape index (κ1) is 16.9. The summed E-state index contributed by atoms with van der Waals surface area (Å²) in [4.78, 5) is 20.7. The number of anilines is 2. The van der Waals surface area contributed by atoms with Crippen LogP contribution in [0.4, 0.5) is 11.5 Å². The minimum absolute atomic E-state index is 0.120. The SMILES string of the molecule is Nc1ccc(CC(=O)N2CCN(c3ncc(Cl)cc3Cl)CC2)cc1. The lowest BCUT2D eigenvalue weighted by molar-refractivity contribution is -0.130. The van der Waals surface area contributed by atoms with E-state index < -0.39 is 0 Å². The smallest absolute Gasteiger partial charge is 0.227 e. The maximum absolute atomic E-state index is 12.4. The number of hydrogen-bond donors (Lipinski definition) is 1. The number of carbonyl (C=O) groups is 1. The van der Waals surface area contributed by atoms with Crippen molar-refractivity contribution in [1.82, 2.24) is 9.88 Å². The molecule has 5 nitrogen and oxygen atoms in total. The zero-order chi connectivity index (χ0) is 17.1. The zero-order valence-corrected chi connectivity index (χ0v) is 14.6. The number of amides is 1. The molecule has 2 heterocycles. The van der Waals surface area contributed by atoms with Crippen LogP contribution < -0.4 is 10.6 Å². The Hall–Kier alpha value is -1.98. The first-order valence-electron chi connectivity index (χ1n) is 7.71. The molecule has 0 aliphatic carbocycles. The molecule has 0 saturated carbocycles. The molecule has 1 aliphatic rings. The van der Waals surface area contributed by atoms with E-state index in [0.29, 0.717) is 54.2 Å². The average Bonchev–Trinajstić information content (AvgIpc) is 2.57. The van der Waals surface area contributed by atoms with Crippen LogP contribution in [-0.4, -0.2) is 42.0 Å². The van der Waals surface area contributed by atoms with E-state index in [4.69, 9.17) is 28.9 Å². The van der Waals surface area contributed by atoms with Crippen LogP contribution in [0.2, 0.25) is 10.0 Å². The monoisotopic (exact) mass is 364 g/mol. The maximum atomic E-state index is 12.4. The predicted octanol–water partition coefficient (Wildman–Crippen LogP) is 2.86. The summed E-state index contributed by atoms with van der Waals surface area (Å²) in [7, 11) is 0. The van der Waals surface area contributed by atoms with E-state index in [1.54, 1.807) is 12.3 Å². The summed E-state index contributed by atoms with van der Waals surface area (Å²) in [5.41, 5.74) is 7.34. The van der Waals surface area contributed by atoms with E-state index in [9.17, 15) is 4.79 Å². The minimum Gasteiger partial charge on any atom is -0.399 e. The van der Waals surface area contributed by atoms with E-state index in [2.05, 4.69) is 9.88 Å². The van der Waals surface area contributed by atoms with Crippen LogP contribution in [0, 0.1) is 0 Å². The van der Waals surface area contributed by atoms with Crippen LogP contribution >= 0.6 is 23.2 Å². The Morgan fingerprint density at radius 2 is 1.79 bits per heavy atom. The number of benzene rings is 1. The number of halogens is 2. The number of piperazine rings is 1. The third kappa shape index (κ3) is 3.91. The van der Waals surface area contributed by atoms with Gasteiger partial charge in [-0.1, -0.05) is 35.3 Å². The Bertz CT molecular complexity index is 728. The molecule has 1 aromatic carbocycles. The average molecular weight is 365 g/mol. The lowest BCUT2D eigenvalue weighted by Gasteiger charge is -2.35. The number of pyridine rings is 1. The summed E-state index contributed by atoms with van der Waals surface area (Å²) in [5.74, 6) is 0.835. The summed E-state index contributed by atoms with van der Waals surface area (Å²) < 4.78 is 0. The fourth-order valence-electron chi connectivity index (χ4n) is 2.73. The molecule has 7 heteroatoms. The van der Waals surface area contributed by atoms with E-state index in [0.717, 1.165) is 5.56 Å². The molecule has 1 amide bonds. The number of nitrogens with zero attached hydrogens (tertiary/aromatic N) is 3. The molecule has 0 atom stereocenters. The van der Waals surface area contributed by atoms with Gasteiger partial charge in [-0.25, -0.2) is 4.98 Å². The molecular formula is C17H18Cl2N4O. The molecule has 2 N–H and O–H groups in total. The van der Waals surface area contributed by atoms with Crippen LogP contribution in [0.3, 0.4) is 0 Å². The van der Waals surface area contributed by atoms with Crippen LogP contribution in [0.1, 0.15) is 5.56 Å². The maximum Gasteiger partial charge on any atom is 0.227 e. The van der Waals surface area contributed by atoms with Crippen LogP contribution in [0.25, 0.3) is 0 Å². The Labute approximate surface area is 151 Å². The number of rotatable bonds is 3. The lowest BCUT2D eigenvalue weighted by atomic mass is 10.1. The van der Waals surface area contributed by atoms with Crippen LogP contribution in [-0.2, 0) is 11.2 Å². The minimum atomic E-state index is 0.120. The topological polar surface area (TPSA) is 62.5 Å². The molecule has 1 aromatic heterocycles. The van der Waals surface area contributed by atoms with Crippen molar-refractivity contribution in [2.45, 2.75) is 6.42 Å². The van der Waals surface area contributed by atoms with Gasteiger partial charge < -0.3 is 15.5 Å². The highest BCUT2D eigenvalue weighted by molar-refractivity contribution is 6.36. The summed E-state index contributed by atoms with van der Waals surface area (Å²) in [6.07, 6.45) is 1.97. The van der Waals surface area contributed by atoms with Crippen molar-refractivity contribution in [3.63, 3.8) is 0 Å². The Balaban J connectivity index is 1.58. The molecule has 0 unspecified atom stereocenters. The number of hydrogen-bond acceptors (Lipinski definition) is 4. The second-order valence-corrected chi connectivity index (χ2v) is 6.59. The van der Waals surface area contributed by atoms with Crippen molar-refractivity contribution >= 4 is 40.6 Å². The first-order chi connectivity index (χ1) is 11.5. The summed E-state index contributed by atoms with van der Waals surface area (Å²) in [5, 5.41) is 1.05. The summed E-state index contributed by atoms with van der Waals surface area (Å²) in [6, 6.07) is 9.09. The number of aromatic nitrogens is 1. The van der Waals surface area contributed by atoms with Gasteiger partial charge in [-0.05, 0) is 23.8 Å². The van der Waals surface area contributed by atoms with Gasteiger partial charge in [-0.3, -0.25) is 4.79 Å². The van der Waals surface area contributed by atoms with E-state index in [1.165, 1.54) is 0 Å². The van der Waals surface area contributed by atoms with Crippen LogP contribution in [0.15, 0.2) is 36.5 Å². The molecule has 0 radical (unpaired) electrons. The molecule has 0 spiro atoms. The normalized spacial score (nSPS) is 14.8. The van der Waals surface area contributed by atoms with Gasteiger partial charge in [0.1, 0.15) is 5.82 Å².